The molecule has 0 aliphatic heterocycles. The van der Waals surface area contributed by atoms with Crippen molar-refractivity contribution in [3.05, 3.63) is 0 Å². The van der Waals surface area contributed by atoms with E-state index in [1.807, 2.05) is 0 Å². The molecule has 0 aromatic rings. The van der Waals surface area contributed by atoms with Crippen molar-refractivity contribution in [2.24, 2.45) is 5.41 Å². The smallest absolute Gasteiger partial charge is 0.250 e. The predicted molar refractivity (Wildman–Crippen MR) is 33.0 cm³/mol. The maximum absolute atomic E-state index is 12.2. The van der Waals surface area contributed by atoms with E-state index >= 15 is 0 Å². The first-order chi connectivity index (χ1) is 4.54. The highest BCUT2D eigenvalue weighted by molar-refractivity contribution is 5.61. The highest BCUT2D eigenvalue weighted by atomic mass is 19.3. The van der Waals surface area contributed by atoms with E-state index in [0.29, 0.717) is 12.7 Å². The molecule has 0 N–H and O–H groups in total. The van der Waals surface area contributed by atoms with Crippen LogP contribution in [0.5, 0.6) is 0 Å². The van der Waals surface area contributed by atoms with Gasteiger partial charge in [0.1, 0.15) is 6.29 Å². The van der Waals surface area contributed by atoms with E-state index in [-0.39, 0.29) is 12.8 Å². The minimum absolute atomic E-state index is 0.250. The Kier molecular flexibility index (Phi) is 1.53. The zero-order valence-corrected chi connectivity index (χ0v) is 5.86. The summed E-state index contributed by atoms with van der Waals surface area (Å²) in [6.07, 6.45) is 0.705. The first-order valence-electron chi connectivity index (χ1n) is 3.38. The Bertz CT molecular complexity index is 146. The summed E-state index contributed by atoms with van der Waals surface area (Å²) >= 11 is 0. The molecule has 0 aromatic heterocycles. The third-order valence-electron chi connectivity index (χ3n) is 2.18. The monoisotopic (exact) mass is 148 g/mol. The molecule has 0 aromatic carbocycles. The first-order valence-corrected chi connectivity index (χ1v) is 3.38. The van der Waals surface area contributed by atoms with Crippen LogP contribution in [0.15, 0.2) is 0 Å². The lowest BCUT2D eigenvalue weighted by Crippen LogP contribution is -2.46. The maximum atomic E-state index is 12.2. The van der Waals surface area contributed by atoms with Crippen molar-refractivity contribution >= 4 is 6.29 Å². The molecular weight excluding hydrogens is 138 g/mol. The van der Waals surface area contributed by atoms with Crippen LogP contribution in [-0.4, -0.2) is 12.2 Å². The third-order valence-corrected chi connectivity index (χ3v) is 2.18. The summed E-state index contributed by atoms with van der Waals surface area (Å²) in [6.45, 7) is 1.77. The van der Waals surface area contributed by atoms with Gasteiger partial charge in [0.2, 0.25) is 5.92 Å². The van der Waals surface area contributed by atoms with Crippen LogP contribution < -0.4 is 0 Å². The molecule has 0 unspecified atom stereocenters. The Morgan fingerprint density at radius 1 is 1.50 bits per heavy atom. The van der Waals surface area contributed by atoms with Gasteiger partial charge in [-0.2, -0.15) is 0 Å². The molecule has 0 heterocycles. The molecular formula is C7H10F2O. The van der Waals surface area contributed by atoms with Gasteiger partial charge in [-0.3, -0.25) is 0 Å². The van der Waals surface area contributed by atoms with Crippen LogP contribution in [0.3, 0.4) is 0 Å². The zero-order valence-electron chi connectivity index (χ0n) is 5.86. The summed E-state index contributed by atoms with van der Waals surface area (Å²) in [5, 5.41) is 0. The van der Waals surface area contributed by atoms with E-state index in [1.54, 1.807) is 6.92 Å². The number of carbonyl (C=O) groups excluding carboxylic acids is 1. The number of halogens is 2. The van der Waals surface area contributed by atoms with Gasteiger partial charge in [-0.15, -0.1) is 0 Å². The number of rotatable bonds is 2. The predicted octanol–water partition coefficient (Wildman–Crippen LogP) is 2.01. The Morgan fingerprint density at radius 2 is 2.00 bits per heavy atom. The van der Waals surface area contributed by atoms with Crippen LogP contribution >= 0.6 is 0 Å². The molecule has 1 aliphatic carbocycles. The second-order valence-electron chi connectivity index (χ2n) is 3.04. The topological polar surface area (TPSA) is 17.1 Å². The molecule has 1 fully saturated rings. The van der Waals surface area contributed by atoms with Crippen LogP contribution in [0.2, 0.25) is 0 Å². The molecule has 3 heteroatoms. The van der Waals surface area contributed by atoms with Gasteiger partial charge in [0.05, 0.1) is 0 Å². The van der Waals surface area contributed by atoms with Crippen LogP contribution in [-0.2, 0) is 4.79 Å². The molecule has 0 saturated heterocycles. The minimum atomic E-state index is -2.57. The number of hydrogen-bond acceptors (Lipinski definition) is 1. The molecule has 0 atom stereocenters. The van der Waals surface area contributed by atoms with Gasteiger partial charge in [0.25, 0.3) is 0 Å². The zero-order chi connectivity index (χ0) is 7.83. The molecule has 0 spiro atoms. The second-order valence-corrected chi connectivity index (χ2v) is 3.04. The Hall–Kier alpha value is -0.470. The molecule has 1 nitrogen and oxygen atoms in total. The molecule has 1 aliphatic rings. The van der Waals surface area contributed by atoms with Crippen LogP contribution in [0.25, 0.3) is 0 Å². The average molecular weight is 148 g/mol. The molecule has 0 bridgehead atoms. The Labute approximate surface area is 58.4 Å². The van der Waals surface area contributed by atoms with E-state index in [2.05, 4.69) is 0 Å². The van der Waals surface area contributed by atoms with Gasteiger partial charge in [-0.25, -0.2) is 8.78 Å². The molecule has 58 valence electrons. The number of carbonyl (C=O) groups is 1. The minimum Gasteiger partial charge on any atom is -0.303 e. The van der Waals surface area contributed by atoms with Gasteiger partial charge in [0, 0.05) is 18.3 Å². The summed E-state index contributed by atoms with van der Waals surface area (Å²) in [5.74, 6) is -2.57. The Morgan fingerprint density at radius 3 is 2.10 bits per heavy atom. The normalized spacial score (nSPS) is 27.1. The van der Waals surface area contributed by atoms with E-state index in [0.717, 1.165) is 0 Å². The highest BCUT2D eigenvalue weighted by Crippen LogP contribution is 2.52. The van der Waals surface area contributed by atoms with Crippen molar-refractivity contribution in [2.45, 2.75) is 32.1 Å². The summed E-state index contributed by atoms with van der Waals surface area (Å²) < 4.78 is 24.5. The van der Waals surface area contributed by atoms with E-state index in [9.17, 15) is 13.6 Å². The summed E-state index contributed by atoms with van der Waals surface area (Å²) in [6, 6.07) is 0. The molecule has 1 rings (SSSR count). The maximum Gasteiger partial charge on any atom is 0.250 e. The van der Waals surface area contributed by atoms with Crippen molar-refractivity contribution in [3.8, 4) is 0 Å². The van der Waals surface area contributed by atoms with Crippen LogP contribution in [0, 0.1) is 5.41 Å². The summed E-state index contributed by atoms with van der Waals surface area (Å²) in [7, 11) is 0. The summed E-state index contributed by atoms with van der Waals surface area (Å²) in [5.41, 5.74) is -0.691. The number of aldehydes is 1. The number of alkyl halides is 2. The van der Waals surface area contributed by atoms with Crippen LogP contribution in [0.4, 0.5) is 8.78 Å². The van der Waals surface area contributed by atoms with Crippen LogP contribution in [0.1, 0.15) is 26.2 Å². The van der Waals surface area contributed by atoms with Gasteiger partial charge in [0.15, 0.2) is 0 Å². The van der Waals surface area contributed by atoms with Gasteiger partial charge >= 0.3 is 0 Å². The Balaban J connectivity index is 2.54. The lowest BCUT2D eigenvalue weighted by molar-refractivity contribution is -0.167. The lowest BCUT2D eigenvalue weighted by Gasteiger charge is -2.42. The van der Waals surface area contributed by atoms with Crippen molar-refractivity contribution in [1.82, 2.24) is 0 Å². The first kappa shape index (κ1) is 7.63. The van der Waals surface area contributed by atoms with E-state index < -0.39 is 11.3 Å². The van der Waals surface area contributed by atoms with Crippen molar-refractivity contribution in [1.29, 1.82) is 0 Å². The standard InChI is InChI=1S/C7H10F2O/c1-2-6(5-10)3-7(8,9)4-6/h5H,2-4H2,1H3. The van der Waals surface area contributed by atoms with E-state index in [4.69, 9.17) is 0 Å². The molecule has 0 radical (unpaired) electrons. The average Bonchev–Trinajstić information content (AvgIpc) is 1.82. The van der Waals surface area contributed by atoms with Gasteiger partial charge < -0.3 is 4.79 Å². The SMILES string of the molecule is CCC1(C=O)CC(F)(F)C1. The largest absolute Gasteiger partial charge is 0.303 e. The second kappa shape index (κ2) is 2.01. The highest BCUT2D eigenvalue weighted by Gasteiger charge is 2.55. The third kappa shape index (κ3) is 1.04. The van der Waals surface area contributed by atoms with Gasteiger partial charge in [-0.05, 0) is 6.42 Å². The van der Waals surface area contributed by atoms with Gasteiger partial charge in [-0.1, -0.05) is 6.92 Å². The fourth-order valence-corrected chi connectivity index (χ4v) is 1.40. The van der Waals surface area contributed by atoms with Crippen molar-refractivity contribution in [2.75, 3.05) is 0 Å². The van der Waals surface area contributed by atoms with Crippen molar-refractivity contribution in [3.63, 3.8) is 0 Å². The lowest BCUT2D eigenvalue weighted by atomic mass is 9.65. The fraction of sp³-hybridized carbons (Fsp3) is 0.857. The van der Waals surface area contributed by atoms with E-state index in [1.165, 1.54) is 0 Å². The van der Waals surface area contributed by atoms with Crippen molar-refractivity contribution < 1.29 is 13.6 Å². The molecule has 1 saturated carbocycles. The molecule has 10 heavy (non-hydrogen) atoms. The number of hydrogen-bond donors (Lipinski definition) is 0. The fourth-order valence-electron chi connectivity index (χ4n) is 1.40. The quantitative estimate of drug-likeness (QED) is 0.547. The molecule has 0 amide bonds. The summed E-state index contributed by atoms with van der Waals surface area (Å²) in [4.78, 5) is 10.3.